The Hall–Kier alpha value is -2.41. The minimum atomic E-state index is -0.800. The SMILES string of the molecule is CC(C)C1CC(/C=C(\N)c2c(F)cccc2F)=C(N)C(O[C@@H](C)C(N)=O)C1. The van der Waals surface area contributed by atoms with Gasteiger partial charge in [-0.2, -0.15) is 0 Å². The van der Waals surface area contributed by atoms with Crippen LogP contribution in [-0.2, 0) is 9.53 Å². The number of allylic oxidation sites excluding steroid dienone is 2. The van der Waals surface area contributed by atoms with Gasteiger partial charge >= 0.3 is 0 Å². The van der Waals surface area contributed by atoms with Crippen molar-refractivity contribution in [3.8, 4) is 0 Å². The van der Waals surface area contributed by atoms with Gasteiger partial charge in [0, 0.05) is 11.4 Å². The summed E-state index contributed by atoms with van der Waals surface area (Å²) in [5.74, 6) is -1.53. The van der Waals surface area contributed by atoms with Crippen LogP contribution in [0.1, 0.15) is 39.2 Å². The quantitative estimate of drug-likeness (QED) is 0.707. The summed E-state index contributed by atoms with van der Waals surface area (Å²) in [6.45, 7) is 5.71. The maximum atomic E-state index is 14.0. The van der Waals surface area contributed by atoms with Gasteiger partial charge in [0.05, 0.1) is 11.7 Å². The summed E-state index contributed by atoms with van der Waals surface area (Å²) in [5.41, 5.74) is 18.2. The molecule has 0 spiro atoms. The first-order valence-electron chi connectivity index (χ1n) is 8.96. The lowest BCUT2D eigenvalue weighted by molar-refractivity contribution is -0.131. The molecule has 1 aliphatic rings. The van der Waals surface area contributed by atoms with Gasteiger partial charge in [0.2, 0.25) is 5.91 Å². The molecule has 6 N–H and O–H groups in total. The molecule has 0 saturated carbocycles. The highest BCUT2D eigenvalue weighted by Crippen LogP contribution is 2.36. The molecule has 1 aromatic carbocycles. The van der Waals surface area contributed by atoms with E-state index in [-0.39, 0.29) is 17.2 Å². The molecule has 1 amide bonds. The Morgan fingerprint density at radius 2 is 1.81 bits per heavy atom. The molecule has 148 valence electrons. The fourth-order valence-corrected chi connectivity index (χ4v) is 3.22. The van der Waals surface area contributed by atoms with Crippen LogP contribution in [0.15, 0.2) is 35.5 Å². The van der Waals surface area contributed by atoms with E-state index in [9.17, 15) is 13.6 Å². The molecule has 0 heterocycles. The van der Waals surface area contributed by atoms with Gasteiger partial charge in [-0.15, -0.1) is 0 Å². The number of carbonyl (C=O) groups excluding carboxylic acids is 1. The fraction of sp³-hybridized carbons (Fsp3) is 0.450. The number of halogens is 2. The van der Waals surface area contributed by atoms with E-state index in [0.717, 1.165) is 12.1 Å². The average Bonchev–Trinajstić information content (AvgIpc) is 2.57. The van der Waals surface area contributed by atoms with Crippen LogP contribution in [0.5, 0.6) is 0 Å². The number of rotatable bonds is 6. The lowest BCUT2D eigenvalue weighted by Crippen LogP contribution is -2.38. The largest absolute Gasteiger partial charge is 0.400 e. The van der Waals surface area contributed by atoms with Gasteiger partial charge in [-0.05, 0) is 55.4 Å². The van der Waals surface area contributed by atoms with Crippen molar-refractivity contribution in [2.24, 2.45) is 29.0 Å². The Morgan fingerprint density at radius 3 is 2.33 bits per heavy atom. The van der Waals surface area contributed by atoms with Crippen molar-refractivity contribution in [2.45, 2.75) is 45.8 Å². The molecule has 2 unspecified atom stereocenters. The molecule has 1 aliphatic carbocycles. The molecule has 0 fully saturated rings. The molecule has 0 aliphatic heterocycles. The van der Waals surface area contributed by atoms with Crippen molar-refractivity contribution in [1.29, 1.82) is 0 Å². The molecule has 2 rings (SSSR count). The molecule has 0 radical (unpaired) electrons. The van der Waals surface area contributed by atoms with E-state index in [4.69, 9.17) is 21.9 Å². The number of benzene rings is 1. The molecular formula is C20H27F2N3O2. The summed E-state index contributed by atoms with van der Waals surface area (Å²) in [4.78, 5) is 11.3. The van der Waals surface area contributed by atoms with E-state index in [1.165, 1.54) is 12.1 Å². The van der Waals surface area contributed by atoms with Crippen LogP contribution in [-0.4, -0.2) is 18.1 Å². The third-order valence-electron chi connectivity index (χ3n) is 5.01. The van der Waals surface area contributed by atoms with E-state index < -0.39 is 29.7 Å². The van der Waals surface area contributed by atoms with Crippen molar-refractivity contribution < 1.29 is 18.3 Å². The molecule has 3 atom stereocenters. The second kappa shape index (κ2) is 8.52. The summed E-state index contributed by atoms with van der Waals surface area (Å²) in [5, 5.41) is 0. The molecule has 27 heavy (non-hydrogen) atoms. The zero-order valence-corrected chi connectivity index (χ0v) is 15.8. The van der Waals surface area contributed by atoms with E-state index in [1.807, 2.05) is 0 Å². The Kier molecular flexibility index (Phi) is 6.59. The van der Waals surface area contributed by atoms with Crippen LogP contribution in [0.25, 0.3) is 5.70 Å². The zero-order valence-electron chi connectivity index (χ0n) is 15.8. The first-order chi connectivity index (χ1) is 12.6. The van der Waals surface area contributed by atoms with Crippen LogP contribution in [0, 0.1) is 23.5 Å². The summed E-state index contributed by atoms with van der Waals surface area (Å²) in [6.07, 6.45) is 1.41. The van der Waals surface area contributed by atoms with E-state index >= 15 is 0 Å². The number of nitrogens with two attached hydrogens (primary N) is 3. The molecule has 5 nitrogen and oxygen atoms in total. The molecule has 0 saturated heterocycles. The first-order valence-corrected chi connectivity index (χ1v) is 8.96. The molecular weight excluding hydrogens is 352 g/mol. The molecule has 0 aromatic heterocycles. The van der Waals surface area contributed by atoms with Gasteiger partial charge in [-0.3, -0.25) is 4.79 Å². The van der Waals surface area contributed by atoms with Crippen molar-refractivity contribution in [3.63, 3.8) is 0 Å². The van der Waals surface area contributed by atoms with Gasteiger partial charge in [-0.25, -0.2) is 8.78 Å². The van der Waals surface area contributed by atoms with Crippen LogP contribution in [0.2, 0.25) is 0 Å². The van der Waals surface area contributed by atoms with Gasteiger partial charge in [-0.1, -0.05) is 19.9 Å². The van der Waals surface area contributed by atoms with Gasteiger partial charge < -0.3 is 21.9 Å². The van der Waals surface area contributed by atoms with Gasteiger partial charge in [0.25, 0.3) is 0 Å². The minimum Gasteiger partial charge on any atom is -0.400 e. The maximum absolute atomic E-state index is 14.0. The zero-order chi connectivity index (χ0) is 20.3. The Bertz CT molecular complexity index is 754. The van der Waals surface area contributed by atoms with Crippen LogP contribution >= 0.6 is 0 Å². The van der Waals surface area contributed by atoms with E-state index in [0.29, 0.717) is 30.0 Å². The van der Waals surface area contributed by atoms with Gasteiger partial charge in [0.1, 0.15) is 17.7 Å². The van der Waals surface area contributed by atoms with E-state index in [2.05, 4.69) is 13.8 Å². The first kappa shape index (κ1) is 20.9. The number of ether oxygens (including phenoxy) is 1. The third-order valence-corrected chi connectivity index (χ3v) is 5.01. The highest BCUT2D eigenvalue weighted by molar-refractivity contribution is 5.78. The third kappa shape index (κ3) is 4.86. The highest BCUT2D eigenvalue weighted by atomic mass is 19.1. The predicted octanol–water partition coefficient (Wildman–Crippen LogP) is 2.80. The topological polar surface area (TPSA) is 104 Å². The summed E-state index contributed by atoms with van der Waals surface area (Å²) < 4.78 is 33.8. The lowest BCUT2D eigenvalue weighted by atomic mass is 9.78. The molecule has 7 heteroatoms. The number of amides is 1. The maximum Gasteiger partial charge on any atom is 0.246 e. The minimum absolute atomic E-state index is 0.0466. The Balaban J connectivity index is 2.42. The smallest absolute Gasteiger partial charge is 0.246 e. The number of hydrogen-bond donors (Lipinski definition) is 3. The van der Waals surface area contributed by atoms with Crippen LogP contribution < -0.4 is 17.2 Å². The second-order valence-corrected chi connectivity index (χ2v) is 7.29. The van der Waals surface area contributed by atoms with Crippen molar-refractivity contribution in [2.75, 3.05) is 0 Å². The van der Waals surface area contributed by atoms with Crippen molar-refractivity contribution in [1.82, 2.24) is 0 Å². The Labute approximate surface area is 158 Å². The predicted molar refractivity (Wildman–Crippen MR) is 101 cm³/mol. The van der Waals surface area contributed by atoms with Crippen LogP contribution in [0.3, 0.4) is 0 Å². The number of carbonyl (C=O) groups is 1. The standard InChI is InChI=1S/C20H27F2N3O2/c1-10(2)12-7-13(19(24)17(9-12)27-11(3)20(25)26)8-16(23)18-14(21)5-4-6-15(18)22/h4-6,8,10-12,17H,7,9,23-24H2,1-3H3,(H2,25,26)/b16-8-/t11-,12?,17?/m0/s1. The van der Waals surface area contributed by atoms with Crippen molar-refractivity contribution >= 4 is 11.6 Å². The average molecular weight is 379 g/mol. The summed E-state index contributed by atoms with van der Waals surface area (Å²) >= 11 is 0. The Morgan fingerprint density at radius 1 is 1.22 bits per heavy atom. The van der Waals surface area contributed by atoms with Crippen LogP contribution in [0.4, 0.5) is 8.78 Å². The van der Waals surface area contributed by atoms with Crippen molar-refractivity contribution in [3.05, 3.63) is 52.7 Å². The molecule has 1 aromatic rings. The van der Waals surface area contributed by atoms with E-state index in [1.54, 1.807) is 6.92 Å². The highest BCUT2D eigenvalue weighted by Gasteiger charge is 2.31. The number of primary amides is 1. The summed E-state index contributed by atoms with van der Waals surface area (Å²) in [6, 6.07) is 3.57. The lowest BCUT2D eigenvalue weighted by Gasteiger charge is -2.34. The fourth-order valence-electron chi connectivity index (χ4n) is 3.22. The normalized spacial score (nSPS) is 22.2. The summed E-state index contributed by atoms with van der Waals surface area (Å²) in [7, 11) is 0. The van der Waals surface area contributed by atoms with Gasteiger partial charge in [0.15, 0.2) is 0 Å². The number of hydrogen-bond acceptors (Lipinski definition) is 4. The second-order valence-electron chi connectivity index (χ2n) is 7.29. The molecule has 0 bridgehead atoms. The monoisotopic (exact) mass is 379 g/mol.